The molecule has 11 atom stereocenters. The van der Waals surface area contributed by atoms with Crippen molar-refractivity contribution in [2.24, 2.45) is 46.3 Å². The van der Waals surface area contributed by atoms with E-state index < -0.39 is 55.9 Å². The normalized spacial score (nSPS) is 38.6. The highest BCUT2D eigenvalue weighted by atomic mass is 31.2. The summed E-state index contributed by atoms with van der Waals surface area (Å²) in [6, 6.07) is 0. The molecule has 0 radical (unpaired) electrons. The number of ether oxygens (including phenoxy) is 2. The first kappa shape index (κ1) is 37.6. The second-order valence-corrected chi connectivity index (χ2v) is 16.9. The molecule has 9 nitrogen and oxygen atoms in total. The van der Waals surface area contributed by atoms with Crippen LogP contribution in [0.3, 0.4) is 0 Å². The second kappa shape index (κ2) is 14.0. The van der Waals surface area contributed by atoms with E-state index in [1.165, 1.54) is 7.11 Å². The van der Waals surface area contributed by atoms with E-state index in [4.69, 9.17) is 23.0 Å². The minimum absolute atomic E-state index is 0.0615. The molecule has 0 heterocycles. The highest BCUT2D eigenvalue weighted by Crippen LogP contribution is 2.71. The number of hydrogen-bond acceptors (Lipinski definition) is 9. The summed E-state index contributed by atoms with van der Waals surface area (Å²) in [7, 11) is -2.75. The molecule has 46 heavy (non-hydrogen) atoms. The fraction of sp³-hybridized carbons (Fsp3) is 0.939. The van der Waals surface area contributed by atoms with E-state index in [1.54, 1.807) is 27.7 Å². The van der Waals surface area contributed by atoms with Gasteiger partial charge < -0.3 is 14.6 Å². The lowest BCUT2D eigenvalue weighted by molar-refractivity contribution is -0.238. The minimum Gasteiger partial charge on any atom is -0.469 e. The summed E-state index contributed by atoms with van der Waals surface area (Å²) in [4.78, 5) is 24.5. The van der Waals surface area contributed by atoms with Gasteiger partial charge in [0.05, 0.1) is 31.5 Å². The molecule has 11 unspecified atom stereocenters. The topological polar surface area (TPSA) is 118 Å². The molecule has 4 aliphatic rings. The maximum absolute atomic E-state index is 14.2. The van der Waals surface area contributed by atoms with Crippen molar-refractivity contribution in [3.63, 3.8) is 0 Å². The standard InChI is InChI=1S/C33H54F3O9P/c1-18(2)43-46(40,44-19(3)4)45-26-16-21-15-22(37)13-14-31(21,6)25-17-27(42-30(39)33(34,35)36)32(7)23(10-11-24(32)29(25)26)20(5)9-12-28(38)41-8/h18-27,29,37H,9-17H2,1-8H3. The molecule has 0 amide bonds. The smallest absolute Gasteiger partial charge is 0.469 e. The molecule has 266 valence electrons. The Morgan fingerprint density at radius 3 is 2.15 bits per heavy atom. The van der Waals surface area contributed by atoms with Crippen LogP contribution >= 0.6 is 7.82 Å². The van der Waals surface area contributed by atoms with Gasteiger partial charge in [0.1, 0.15) is 6.10 Å². The lowest BCUT2D eigenvalue weighted by atomic mass is 9.43. The molecule has 0 aromatic heterocycles. The monoisotopic (exact) mass is 682 g/mol. The van der Waals surface area contributed by atoms with Crippen LogP contribution in [0.1, 0.15) is 106 Å². The summed E-state index contributed by atoms with van der Waals surface area (Å²) in [6.07, 6.45) is -3.90. The molecule has 0 aliphatic heterocycles. The van der Waals surface area contributed by atoms with Crippen LogP contribution in [0, 0.1) is 46.3 Å². The van der Waals surface area contributed by atoms with Crippen molar-refractivity contribution in [1.82, 2.24) is 0 Å². The number of carbonyl (C=O) groups excluding carboxylic acids is 2. The highest BCUT2D eigenvalue weighted by molar-refractivity contribution is 7.48. The Hall–Kier alpha value is -1.20. The molecule has 0 saturated heterocycles. The highest BCUT2D eigenvalue weighted by Gasteiger charge is 2.68. The first-order valence-electron chi connectivity index (χ1n) is 16.9. The number of fused-ring (bicyclic) bond motifs is 5. The van der Waals surface area contributed by atoms with Crippen molar-refractivity contribution < 1.29 is 55.5 Å². The summed E-state index contributed by atoms with van der Waals surface area (Å²) >= 11 is 0. The van der Waals surface area contributed by atoms with Gasteiger partial charge in [0.25, 0.3) is 0 Å². The summed E-state index contributed by atoms with van der Waals surface area (Å²) < 4.78 is 83.8. The number of hydrogen-bond donors (Lipinski definition) is 1. The van der Waals surface area contributed by atoms with Crippen LogP contribution in [-0.2, 0) is 37.2 Å². The van der Waals surface area contributed by atoms with Gasteiger partial charge in [-0.05, 0) is 120 Å². The van der Waals surface area contributed by atoms with Gasteiger partial charge in [0.15, 0.2) is 0 Å². The molecule has 0 bridgehead atoms. The third-order valence-electron chi connectivity index (χ3n) is 11.9. The first-order chi connectivity index (χ1) is 21.2. The minimum atomic E-state index is -5.15. The fourth-order valence-electron chi connectivity index (χ4n) is 9.97. The van der Waals surface area contributed by atoms with E-state index in [0.29, 0.717) is 44.9 Å². The predicted octanol–water partition coefficient (Wildman–Crippen LogP) is 7.63. The maximum atomic E-state index is 14.2. The number of rotatable bonds is 11. The van der Waals surface area contributed by atoms with Crippen molar-refractivity contribution in [3.8, 4) is 0 Å². The lowest BCUT2D eigenvalue weighted by Crippen LogP contribution is -2.63. The van der Waals surface area contributed by atoms with Gasteiger partial charge in [-0.3, -0.25) is 18.4 Å². The summed E-state index contributed by atoms with van der Waals surface area (Å²) in [6.45, 7) is 13.0. The number of methoxy groups -OCH3 is 1. The van der Waals surface area contributed by atoms with E-state index >= 15 is 0 Å². The van der Waals surface area contributed by atoms with Crippen LogP contribution < -0.4 is 0 Å². The van der Waals surface area contributed by atoms with Crippen LogP contribution in [-0.4, -0.2) is 60.9 Å². The number of halogens is 3. The van der Waals surface area contributed by atoms with Crippen LogP contribution in [0.15, 0.2) is 0 Å². The van der Waals surface area contributed by atoms with E-state index in [2.05, 4.69) is 6.92 Å². The lowest BCUT2D eigenvalue weighted by Gasteiger charge is -2.64. The van der Waals surface area contributed by atoms with Crippen LogP contribution in [0.25, 0.3) is 0 Å². The van der Waals surface area contributed by atoms with Gasteiger partial charge in [-0.15, -0.1) is 0 Å². The molecule has 1 N–H and O–H groups in total. The van der Waals surface area contributed by atoms with E-state index in [9.17, 15) is 32.4 Å². The Morgan fingerprint density at radius 2 is 1.59 bits per heavy atom. The zero-order chi connectivity index (χ0) is 34.4. The summed E-state index contributed by atoms with van der Waals surface area (Å²) in [5.41, 5.74) is -1.25. The predicted molar refractivity (Wildman–Crippen MR) is 163 cm³/mol. The number of esters is 2. The van der Waals surface area contributed by atoms with Crippen molar-refractivity contribution >= 4 is 19.8 Å². The average Bonchev–Trinajstić information content (AvgIpc) is 3.29. The van der Waals surface area contributed by atoms with Crippen molar-refractivity contribution in [2.45, 2.75) is 143 Å². The van der Waals surface area contributed by atoms with Crippen molar-refractivity contribution in [3.05, 3.63) is 0 Å². The third-order valence-corrected chi connectivity index (χ3v) is 13.8. The molecule has 4 saturated carbocycles. The molecule has 4 rings (SSSR count). The number of alkyl halides is 3. The Kier molecular flexibility index (Phi) is 11.4. The Morgan fingerprint density at radius 1 is 0.957 bits per heavy atom. The first-order valence-corrected chi connectivity index (χ1v) is 18.4. The van der Waals surface area contributed by atoms with Crippen LogP contribution in [0.4, 0.5) is 13.2 Å². The third kappa shape index (κ3) is 7.51. The largest absolute Gasteiger partial charge is 0.490 e. The summed E-state index contributed by atoms with van der Waals surface area (Å²) in [5.74, 6) is -3.55. The van der Waals surface area contributed by atoms with Gasteiger partial charge in [0, 0.05) is 11.8 Å². The zero-order valence-corrected chi connectivity index (χ0v) is 29.4. The molecule has 0 aromatic rings. The number of phosphoric ester groups is 1. The second-order valence-electron chi connectivity index (χ2n) is 15.3. The molecule has 4 aliphatic carbocycles. The van der Waals surface area contributed by atoms with Gasteiger partial charge in [-0.25, -0.2) is 9.36 Å². The molecule has 0 aromatic carbocycles. The van der Waals surface area contributed by atoms with Crippen LogP contribution in [0.5, 0.6) is 0 Å². The van der Waals surface area contributed by atoms with Gasteiger partial charge in [-0.2, -0.15) is 13.2 Å². The Bertz CT molecular complexity index is 1130. The molecule has 13 heteroatoms. The maximum Gasteiger partial charge on any atom is 0.490 e. The average molecular weight is 683 g/mol. The number of carbonyl (C=O) groups is 2. The fourth-order valence-corrected chi connectivity index (χ4v) is 11.7. The SMILES string of the molecule is COC(=O)CCC(C)C1CCC2C3C(OP(=O)(OC(C)C)OC(C)C)CC4CC(O)CCC4(C)C3CC(OC(=O)C(F)(F)F)C12C. The van der Waals surface area contributed by atoms with Gasteiger partial charge in [0.2, 0.25) is 0 Å². The molecule has 0 spiro atoms. The van der Waals surface area contributed by atoms with Crippen molar-refractivity contribution in [2.75, 3.05) is 7.11 Å². The number of aliphatic hydroxyl groups excluding tert-OH is 1. The Labute approximate surface area is 271 Å². The van der Waals surface area contributed by atoms with Crippen LogP contribution in [0.2, 0.25) is 0 Å². The van der Waals surface area contributed by atoms with E-state index in [1.807, 2.05) is 13.8 Å². The summed E-state index contributed by atoms with van der Waals surface area (Å²) in [5, 5.41) is 10.7. The molecular formula is C33H54F3O9P. The van der Waals surface area contributed by atoms with Gasteiger partial charge in [-0.1, -0.05) is 20.8 Å². The van der Waals surface area contributed by atoms with E-state index in [-0.39, 0.29) is 59.7 Å². The van der Waals surface area contributed by atoms with E-state index in [0.717, 1.165) is 0 Å². The molecule has 4 fully saturated rings. The van der Waals surface area contributed by atoms with Crippen molar-refractivity contribution in [1.29, 1.82) is 0 Å². The zero-order valence-electron chi connectivity index (χ0n) is 28.5. The number of aliphatic hydroxyl groups is 1. The quantitative estimate of drug-likeness (QED) is 0.173. The number of phosphoric acid groups is 1. The Balaban J connectivity index is 1.80. The van der Waals surface area contributed by atoms with Gasteiger partial charge >= 0.3 is 25.9 Å². The molecular weight excluding hydrogens is 628 g/mol.